The second-order valence-corrected chi connectivity index (χ2v) is 3.16. The lowest BCUT2D eigenvalue weighted by Crippen LogP contribution is -2.50. The van der Waals surface area contributed by atoms with Crippen LogP contribution in [0.2, 0.25) is 0 Å². The fraction of sp³-hybridized carbons (Fsp3) is 0.889. The molecule has 1 saturated heterocycles. The number of rotatable bonds is 5. The van der Waals surface area contributed by atoms with E-state index in [2.05, 4.69) is 0 Å². The predicted octanol–water partition coefficient (Wildman–Crippen LogP) is -0.192. The van der Waals surface area contributed by atoms with Crippen LogP contribution in [0.25, 0.3) is 0 Å². The van der Waals surface area contributed by atoms with Crippen molar-refractivity contribution >= 4 is 5.97 Å². The third-order valence-corrected chi connectivity index (χ3v) is 2.25. The molecule has 1 aliphatic heterocycles. The lowest BCUT2D eigenvalue weighted by atomic mass is 10.2. The first kappa shape index (κ1) is 11.4. The Morgan fingerprint density at radius 1 is 1.71 bits per heavy atom. The van der Waals surface area contributed by atoms with Crippen molar-refractivity contribution in [2.24, 2.45) is 0 Å². The maximum Gasteiger partial charge on any atom is 0.323 e. The highest BCUT2D eigenvalue weighted by Gasteiger charge is 2.28. The molecule has 1 fully saturated rings. The highest BCUT2D eigenvalue weighted by atomic mass is 16.5. The number of carbonyl (C=O) groups is 1. The molecule has 0 spiro atoms. The quantitative estimate of drug-likeness (QED) is 0.627. The molecule has 0 saturated carbocycles. The lowest BCUT2D eigenvalue weighted by Gasteiger charge is -2.32. The number of carboxylic acids is 1. The van der Waals surface area contributed by atoms with Crippen LogP contribution in [0.5, 0.6) is 0 Å². The summed E-state index contributed by atoms with van der Waals surface area (Å²) < 4.78 is 10.3. The van der Waals surface area contributed by atoms with E-state index in [1.165, 1.54) is 0 Å². The molecular formula is C9H17NO4. The summed E-state index contributed by atoms with van der Waals surface area (Å²) >= 11 is 0. The number of aliphatic carboxylic acids is 1. The summed E-state index contributed by atoms with van der Waals surface area (Å²) in [5.74, 6) is -0.818. The topological polar surface area (TPSA) is 59.0 Å². The number of carboxylic acid groups (broad SMARTS) is 1. The summed E-state index contributed by atoms with van der Waals surface area (Å²) in [6.45, 7) is 5.39. The average molecular weight is 203 g/mol. The minimum absolute atomic E-state index is 0.279. The zero-order chi connectivity index (χ0) is 10.4. The normalized spacial score (nSPS) is 23.6. The standard InChI is InChI=1S/C9H17NO4/c1-2-13-5-3-10-4-6-14-7-8(10)9(11)12/h8H,2-7H2,1H3,(H,11,12). The molecule has 1 rings (SSSR count). The molecule has 1 unspecified atom stereocenters. The number of ether oxygens (including phenoxy) is 2. The van der Waals surface area contributed by atoms with E-state index in [0.717, 1.165) is 0 Å². The van der Waals surface area contributed by atoms with Gasteiger partial charge in [0.1, 0.15) is 6.04 Å². The van der Waals surface area contributed by atoms with Crippen LogP contribution in [0.3, 0.4) is 0 Å². The molecule has 0 aromatic rings. The van der Waals surface area contributed by atoms with Crippen molar-refractivity contribution in [2.75, 3.05) is 39.5 Å². The lowest BCUT2D eigenvalue weighted by molar-refractivity contribution is -0.150. The van der Waals surface area contributed by atoms with E-state index in [1.807, 2.05) is 11.8 Å². The Morgan fingerprint density at radius 2 is 2.50 bits per heavy atom. The van der Waals surface area contributed by atoms with Crippen LogP contribution in [0.1, 0.15) is 6.92 Å². The third-order valence-electron chi connectivity index (χ3n) is 2.25. The molecule has 0 aromatic carbocycles. The molecule has 1 N–H and O–H groups in total. The largest absolute Gasteiger partial charge is 0.480 e. The smallest absolute Gasteiger partial charge is 0.323 e. The molecule has 82 valence electrons. The summed E-state index contributed by atoms with van der Waals surface area (Å²) in [6, 6.07) is -0.510. The van der Waals surface area contributed by atoms with Gasteiger partial charge in [0.25, 0.3) is 0 Å². The van der Waals surface area contributed by atoms with Crippen LogP contribution in [0.4, 0.5) is 0 Å². The average Bonchev–Trinajstić information content (AvgIpc) is 2.19. The number of morpholine rings is 1. The second kappa shape index (κ2) is 5.95. The zero-order valence-electron chi connectivity index (χ0n) is 8.44. The van der Waals surface area contributed by atoms with Crippen LogP contribution in [-0.4, -0.2) is 61.5 Å². The maximum absolute atomic E-state index is 10.8. The fourth-order valence-electron chi connectivity index (χ4n) is 1.46. The van der Waals surface area contributed by atoms with Crippen LogP contribution < -0.4 is 0 Å². The van der Waals surface area contributed by atoms with Gasteiger partial charge in [-0.15, -0.1) is 0 Å². The molecule has 0 radical (unpaired) electrons. The van der Waals surface area contributed by atoms with E-state index in [-0.39, 0.29) is 6.61 Å². The molecule has 14 heavy (non-hydrogen) atoms. The number of hydrogen-bond acceptors (Lipinski definition) is 4. The Labute approximate surface area is 83.6 Å². The SMILES string of the molecule is CCOCCN1CCOCC1C(=O)O. The zero-order valence-corrected chi connectivity index (χ0v) is 8.44. The Bertz CT molecular complexity index is 186. The van der Waals surface area contributed by atoms with Gasteiger partial charge in [-0.3, -0.25) is 9.69 Å². The Kier molecular flexibility index (Phi) is 4.86. The molecule has 1 aliphatic rings. The molecule has 5 nitrogen and oxygen atoms in total. The van der Waals surface area contributed by atoms with Gasteiger partial charge in [0.05, 0.1) is 19.8 Å². The van der Waals surface area contributed by atoms with Gasteiger partial charge in [-0.1, -0.05) is 0 Å². The molecule has 0 aromatic heterocycles. The van der Waals surface area contributed by atoms with Crippen molar-refractivity contribution in [1.29, 1.82) is 0 Å². The van der Waals surface area contributed by atoms with E-state index in [9.17, 15) is 4.79 Å². The summed E-state index contributed by atoms with van der Waals surface area (Å²) in [6.07, 6.45) is 0. The summed E-state index contributed by atoms with van der Waals surface area (Å²) in [5.41, 5.74) is 0. The van der Waals surface area contributed by atoms with Crippen molar-refractivity contribution < 1.29 is 19.4 Å². The molecule has 1 atom stereocenters. The first-order chi connectivity index (χ1) is 6.75. The molecular weight excluding hydrogens is 186 g/mol. The molecule has 5 heteroatoms. The van der Waals surface area contributed by atoms with E-state index in [4.69, 9.17) is 14.6 Å². The monoisotopic (exact) mass is 203 g/mol. The van der Waals surface area contributed by atoms with Gasteiger partial charge in [-0.05, 0) is 6.92 Å². The van der Waals surface area contributed by atoms with E-state index < -0.39 is 12.0 Å². The second-order valence-electron chi connectivity index (χ2n) is 3.16. The van der Waals surface area contributed by atoms with Gasteiger partial charge in [0, 0.05) is 19.7 Å². The van der Waals surface area contributed by atoms with Gasteiger partial charge in [-0.2, -0.15) is 0 Å². The van der Waals surface area contributed by atoms with Crippen LogP contribution in [-0.2, 0) is 14.3 Å². The van der Waals surface area contributed by atoms with E-state index in [0.29, 0.717) is 32.9 Å². The minimum Gasteiger partial charge on any atom is -0.480 e. The van der Waals surface area contributed by atoms with Crippen LogP contribution in [0, 0.1) is 0 Å². The van der Waals surface area contributed by atoms with Gasteiger partial charge >= 0.3 is 5.97 Å². The van der Waals surface area contributed by atoms with Crippen molar-refractivity contribution in [3.05, 3.63) is 0 Å². The Morgan fingerprint density at radius 3 is 3.14 bits per heavy atom. The number of nitrogens with zero attached hydrogens (tertiary/aromatic N) is 1. The number of hydrogen-bond donors (Lipinski definition) is 1. The van der Waals surface area contributed by atoms with Crippen LogP contribution >= 0.6 is 0 Å². The van der Waals surface area contributed by atoms with E-state index >= 15 is 0 Å². The third kappa shape index (κ3) is 3.25. The summed E-state index contributed by atoms with van der Waals surface area (Å²) in [5, 5.41) is 8.90. The molecule has 1 heterocycles. The van der Waals surface area contributed by atoms with E-state index in [1.54, 1.807) is 0 Å². The highest BCUT2D eigenvalue weighted by Crippen LogP contribution is 2.06. The first-order valence-corrected chi connectivity index (χ1v) is 4.88. The van der Waals surface area contributed by atoms with Gasteiger partial charge in [0.15, 0.2) is 0 Å². The van der Waals surface area contributed by atoms with Crippen molar-refractivity contribution in [1.82, 2.24) is 4.90 Å². The molecule has 0 bridgehead atoms. The van der Waals surface area contributed by atoms with Crippen molar-refractivity contribution in [2.45, 2.75) is 13.0 Å². The fourth-order valence-corrected chi connectivity index (χ4v) is 1.46. The van der Waals surface area contributed by atoms with Gasteiger partial charge in [0.2, 0.25) is 0 Å². The minimum atomic E-state index is -0.818. The summed E-state index contributed by atoms with van der Waals surface area (Å²) in [7, 11) is 0. The molecule has 0 amide bonds. The van der Waals surface area contributed by atoms with Gasteiger partial charge in [-0.25, -0.2) is 0 Å². The van der Waals surface area contributed by atoms with Gasteiger partial charge < -0.3 is 14.6 Å². The highest BCUT2D eigenvalue weighted by molar-refractivity contribution is 5.73. The summed E-state index contributed by atoms with van der Waals surface area (Å²) in [4.78, 5) is 12.7. The molecule has 0 aliphatic carbocycles. The Balaban J connectivity index is 2.34. The van der Waals surface area contributed by atoms with Crippen molar-refractivity contribution in [3.63, 3.8) is 0 Å². The first-order valence-electron chi connectivity index (χ1n) is 4.88. The Hall–Kier alpha value is -0.650. The van der Waals surface area contributed by atoms with Crippen molar-refractivity contribution in [3.8, 4) is 0 Å². The van der Waals surface area contributed by atoms with Crippen LogP contribution in [0.15, 0.2) is 0 Å². The maximum atomic E-state index is 10.8. The predicted molar refractivity (Wildman–Crippen MR) is 50.3 cm³/mol.